The maximum Gasteiger partial charge on any atom is 0.251 e. The summed E-state index contributed by atoms with van der Waals surface area (Å²) in [6.07, 6.45) is 1.94. The molecule has 5 nitrogen and oxygen atoms in total. The molecule has 1 amide bonds. The number of carbonyl (C=O) groups is 1. The molecule has 1 fully saturated rings. The van der Waals surface area contributed by atoms with Gasteiger partial charge in [-0.3, -0.25) is 9.36 Å². The van der Waals surface area contributed by atoms with Crippen molar-refractivity contribution in [2.45, 2.75) is 38.8 Å². The first kappa shape index (κ1) is 22.2. The fourth-order valence-electron chi connectivity index (χ4n) is 3.78. The second-order valence-electron chi connectivity index (χ2n) is 7.08. The molecule has 0 radical (unpaired) electrons. The van der Waals surface area contributed by atoms with Gasteiger partial charge >= 0.3 is 0 Å². The molecule has 1 saturated heterocycles. The largest absolute Gasteiger partial charge is 0.349 e. The van der Waals surface area contributed by atoms with Crippen LogP contribution in [-0.4, -0.2) is 34.1 Å². The summed E-state index contributed by atoms with van der Waals surface area (Å²) in [5.74, 6) is 0.897. The number of rotatable bonds is 3. The van der Waals surface area contributed by atoms with Crippen molar-refractivity contribution in [2.24, 2.45) is 0 Å². The Morgan fingerprint density at radius 1 is 1.18 bits per heavy atom. The summed E-state index contributed by atoms with van der Waals surface area (Å²) in [7, 11) is 0. The molecule has 4 rings (SSSR count). The highest BCUT2D eigenvalue weighted by atomic mass is 35.5. The van der Waals surface area contributed by atoms with Crippen molar-refractivity contribution in [3.63, 3.8) is 0 Å². The third kappa shape index (κ3) is 4.49. The predicted molar refractivity (Wildman–Crippen MR) is 118 cm³/mol. The Morgan fingerprint density at radius 2 is 1.93 bits per heavy atom. The van der Waals surface area contributed by atoms with Crippen LogP contribution in [0.15, 0.2) is 48.5 Å². The molecule has 2 aromatic carbocycles. The Balaban J connectivity index is 0.00000140. The molecule has 2 heterocycles. The summed E-state index contributed by atoms with van der Waals surface area (Å²) in [6, 6.07) is 16.6. The molecule has 1 aromatic heterocycles. The third-order valence-electron chi connectivity index (χ3n) is 5.06. The summed E-state index contributed by atoms with van der Waals surface area (Å²) in [5, 5.41) is 6.58. The Bertz CT molecular complexity index is 942. The number of imidazole rings is 1. The number of amides is 1. The zero-order chi connectivity index (χ0) is 18.1. The first-order valence-corrected chi connectivity index (χ1v) is 9.20. The van der Waals surface area contributed by atoms with Gasteiger partial charge in [0.15, 0.2) is 0 Å². The number of para-hydroxylation sites is 1. The van der Waals surface area contributed by atoms with E-state index in [1.54, 1.807) is 0 Å². The molecule has 150 valence electrons. The monoisotopic (exact) mass is 420 g/mol. The van der Waals surface area contributed by atoms with E-state index in [4.69, 9.17) is 0 Å². The van der Waals surface area contributed by atoms with E-state index < -0.39 is 0 Å². The lowest BCUT2D eigenvalue weighted by molar-refractivity contribution is 0.0926. The minimum atomic E-state index is -0.0158. The van der Waals surface area contributed by atoms with Gasteiger partial charge in [0.1, 0.15) is 5.82 Å². The number of fused-ring (bicyclic) bond motifs is 1. The van der Waals surface area contributed by atoms with Gasteiger partial charge in [-0.15, -0.1) is 24.8 Å². The van der Waals surface area contributed by atoms with Crippen LogP contribution in [-0.2, 0) is 0 Å². The number of hydrogen-bond acceptors (Lipinski definition) is 3. The van der Waals surface area contributed by atoms with Gasteiger partial charge < -0.3 is 10.6 Å². The molecule has 2 atom stereocenters. The lowest BCUT2D eigenvalue weighted by Gasteiger charge is -2.28. The van der Waals surface area contributed by atoms with E-state index >= 15 is 0 Å². The standard InChI is InChI=1S/C21H24N4O.2ClH/c1-14-12-17(10-11-22-14)24-21(26)16-8-9-20-19(13-16)23-15(2)25(20)18-6-4-3-5-7-18;;/h3-9,13-14,17,22H,10-12H2,1-2H3,(H,24,26);2*1H. The topological polar surface area (TPSA) is 59.0 Å². The van der Waals surface area contributed by atoms with Gasteiger partial charge in [-0.05, 0) is 63.6 Å². The first-order chi connectivity index (χ1) is 12.6. The number of nitrogens with one attached hydrogen (secondary N) is 2. The number of halogens is 2. The summed E-state index contributed by atoms with van der Waals surface area (Å²) in [6.45, 7) is 5.10. The Hall–Kier alpha value is -2.08. The normalized spacial score (nSPS) is 18.8. The van der Waals surface area contributed by atoms with Crippen LogP contribution in [0, 0.1) is 6.92 Å². The van der Waals surface area contributed by atoms with Crippen molar-refractivity contribution in [3.05, 3.63) is 59.9 Å². The SMILES string of the molecule is Cc1nc2cc(C(=O)NC3CCNC(C)C3)ccc2n1-c1ccccc1.Cl.Cl. The number of aromatic nitrogens is 2. The number of benzene rings is 2. The first-order valence-electron chi connectivity index (χ1n) is 9.20. The summed E-state index contributed by atoms with van der Waals surface area (Å²) in [4.78, 5) is 17.3. The van der Waals surface area contributed by atoms with E-state index in [1.165, 1.54) is 0 Å². The van der Waals surface area contributed by atoms with Crippen molar-refractivity contribution in [3.8, 4) is 5.69 Å². The lowest BCUT2D eigenvalue weighted by Crippen LogP contribution is -2.46. The van der Waals surface area contributed by atoms with Crippen molar-refractivity contribution in [2.75, 3.05) is 6.54 Å². The molecule has 28 heavy (non-hydrogen) atoms. The molecule has 2 N–H and O–H groups in total. The maximum atomic E-state index is 12.7. The van der Waals surface area contributed by atoms with Crippen LogP contribution in [0.25, 0.3) is 16.7 Å². The van der Waals surface area contributed by atoms with Crippen molar-refractivity contribution >= 4 is 41.8 Å². The van der Waals surface area contributed by atoms with Crippen LogP contribution in [0.5, 0.6) is 0 Å². The maximum absolute atomic E-state index is 12.7. The van der Waals surface area contributed by atoms with E-state index in [1.807, 2.05) is 43.3 Å². The van der Waals surface area contributed by atoms with Crippen LogP contribution >= 0.6 is 24.8 Å². The minimum absolute atomic E-state index is 0. The van der Waals surface area contributed by atoms with Gasteiger partial charge in [-0.2, -0.15) is 0 Å². The molecular formula is C21H26Cl2N4O. The Morgan fingerprint density at radius 3 is 2.64 bits per heavy atom. The molecule has 0 saturated carbocycles. The summed E-state index contributed by atoms with van der Waals surface area (Å²) < 4.78 is 2.12. The molecule has 1 aliphatic heterocycles. The fourth-order valence-corrected chi connectivity index (χ4v) is 3.78. The molecule has 0 aliphatic carbocycles. The molecule has 2 unspecified atom stereocenters. The molecule has 0 bridgehead atoms. The van der Waals surface area contributed by atoms with E-state index in [0.717, 1.165) is 41.9 Å². The van der Waals surface area contributed by atoms with Gasteiger partial charge in [0.25, 0.3) is 5.91 Å². The molecular weight excluding hydrogens is 395 g/mol. The number of aryl methyl sites for hydroxylation is 1. The molecule has 7 heteroatoms. The van der Waals surface area contributed by atoms with Crippen LogP contribution < -0.4 is 10.6 Å². The Kier molecular flexibility index (Phi) is 7.47. The van der Waals surface area contributed by atoms with E-state index in [0.29, 0.717) is 11.6 Å². The zero-order valence-corrected chi connectivity index (χ0v) is 17.6. The average molecular weight is 421 g/mol. The number of nitrogens with zero attached hydrogens (tertiary/aromatic N) is 2. The summed E-state index contributed by atoms with van der Waals surface area (Å²) in [5.41, 5.74) is 3.60. The minimum Gasteiger partial charge on any atom is -0.349 e. The fraction of sp³-hybridized carbons (Fsp3) is 0.333. The van der Waals surface area contributed by atoms with Crippen LogP contribution in [0.1, 0.15) is 35.9 Å². The molecule has 0 spiro atoms. The van der Waals surface area contributed by atoms with Gasteiger partial charge in [0.05, 0.1) is 11.0 Å². The van der Waals surface area contributed by atoms with Crippen molar-refractivity contribution in [1.29, 1.82) is 0 Å². The number of hydrogen-bond donors (Lipinski definition) is 2. The highest BCUT2D eigenvalue weighted by Gasteiger charge is 2.21. The molecule has 3 aromatic rings. The van der Waals surface area contributed by atoms with Gasteiger partial charge in [-0.25, -0.2) is 4.98 Å². The Labute approximate surface area is 177 Å². The van der Waals surface area contributed by atoms with Gasteiger partial charge in [0, 0.05) is 23.3 Å². The van der Waals surface area contributed by atoms with Crippen LogP contribution in [0.2, 0.25) is 0 Å². The summed E-state index contributed by atoms with van der Waals surface area (Å²) >= 11 is 0. The van der Waals surface area contributed by atoms with Gasteiger partial charge in [-0.1, -0.05) is 18.2 Å². The van der Waals surface area contributed by atoms with Crippen molar-refractivity contribution < 1.29 is 4.79 Å². The number of piperidine rings is 1. The number of carbonyl (C=O) groups excluding carboxylic acids is 1. The second-order valence-corrected chi connectivity index (χ2v) is 7.08. The average Bonchev–Trinajstić information content (AvgIpc) is 2.97. The van der Waals surface area contributed by atoms with E-state index in [-0.39, 0.29) is 36.8 Å². The smallest absolute Gasteiger partial charge is 0.251 e. The quantitative estimate of drug-likeness (QED) is 0.671. The van der Waals surface area contributed by atoms with Crippen molar-refractivity contribution in [1.82, 2.24) is 20.2 Å². The predicted octanol–water partition coefficient (Wildman–Crippen LogP) is 4.05. The second kappa shape index (κ2) is 9.41. The third-order valence-corrected chi connectivity index (χ3v) is 5.06. The zero-order valence-electron chi connectivity index (χ0n) is 16.0. The van der Waals surface area contributed by atoms with Crippen LogP contribution in [0.4, 0.5) is 0 Å². The van der Waals surface area contributed by atoms with E-state index in [2.05, 4.69) is 39.2 Å². The highest BCUT2D eigenvalue weighted by Crippen LogP contribution is 2.22. The lowest BCUT2D eigenvalue weighted by atomic mass is 10.0. The van der Waals surface area contributed by atoms with E-state index in [9.17, 15) is 4.79 Å². The van der Waals surface area contributed by atoms with Crippen LogP contribution in [0.3, 0.4) is 0 Å². The molecule has 1 aliphatic rings. The highest BCUT2D eigenvalue weighted by molar-refractivity contribution is 5.97. The van der Waals surface area contributed by atoms with Gasteiger partial charge in [0.2, 0.25) is 0 Å².